The van der Waals surface area contributed by atoms with Gasteiger partial charge in [0.05, 0.1) is 10.6 Å². The number of hydrogen-bond donors (Lipinski definition) is 1. The predicted octanol–water partition coefficient (Wildman–Crippen LogP) is 2.96. The van der Waals surface area contributed by atoms with Crippen LogP contribution in [0.15, 0.2) is 64.5 Å². The lowest BCUT2D eigenvalue weighted by Crippen LogP contribution is -2.14. The number of rotatable bonds is 5. The molecule has 1 aromatic heterocycles. The van der Waals surface area contributed by atoms with E-state index < -0.39 is 19.9 Å². The lowest BCUT2D eigenvalue weighted by Gasteiger charge is -2.11. The second-order valence-corrected chi connectivity index (χ2v) is 10.1. The van der Waals surface area contributed by atoms with Crippen LogP contribution in [0, 0.1) is 13.8 Å². The lowest BCUT2D eigenvalue weighted by atomic mass is 10.1. The van der Waals surface area contributed by atoms with Gasteiger partial charge >= 0.3 is 0 Å². The molecule has 146 valence electrons. The molecule has 0 spiro atoms. The van der Waals surface area contributed by atoms with Crippen molar-refractivity contribution >= 4 is 25.5 Å². The average Bonchev–Trinajstić information content (AvgIpc) is 2.61. The Morgan fingerprint density at radius 2 is 1.50 bits per heavy atom. The van der Waals surface area contributed by atoms with Crippen LogP contribution in [0.3, 0.4) is 0 Å². The summed E-state index contributed by atoms with van der Waals surface area (Å²) in [5.41, 5.74) is 3.23. The quantitative estimate of drug-likeness (QED) is 0.684. The summed E-state index contributed by atoms with van der Waals surface area (Å²) in [7, 11) is -7.12. The molecule has 0 saturated heterocycles. The second kappa shape index (κ2) is 7.33. The maximum Gasteiger partial charge on any atom is 0.262 e. The molecule has 28 heavy (non-hydrogen) atoms. The monoisotopic (exact) mass is 417 g/mol. The van der Waals surface area contributed by atoms with Crippen LogP contribution in [0.4, 0.5) is 5.69 Å². The van der Waals surface area contributed by atoms with Crippen molar-refractivity contribution < 1.29 is 16.8 Å². The maximum absolute atomic E-state index is 12.6. The van der Waals surface area contributed by atoms with Gasteiger partial charge in [-0.05, 0) is 49.7 Å². The van der Waals surface area contributed by atoms with E-state index in [1.165, 1.54) is 6.07 Å². The highest BCUT2D eigenvalue weighted by molar-refractivity contribution is 7.92. The number of sulfone groups is 1. The van der Waals surface area contributed by atoms with E-state index in [9.17, 15) is 16.8 Å². The Morgan fingerprint density at radius 1 is 0.821 bits per heavy atom. The topological polar surface area (TPSA) is 106 Å². The second-order valence-electron chi connectivity index (χ2n) is 6.48. The zero-order chi connectivity index (χ0) is 20.5. The Kier molecular flexibility index (Phi) is 5.22. The standard InChI is InChI=1S/C19H19N3O4S2/c1-13-4-10-18(14(2)12-13)28(25,26)22-16-7-5-15(6-8-16)17-9-11-19(21-20-17)27(3,23)24/h4-12,22H,1-3H3. The number of benzene rings is 2. The van der Waals surface area contributed by atoms with E-state index in [0.29, 0.717) is 22.5 Å². The molecule has 3 aromatic rings. The van der Waals surface area contributed by atoms with Gasteiger partial charge in [-0.15, -0.1) is 10.2 Å². The molecule has 1 N–H and O–H groups in total. The minimum atomic E-state index is -3.70. The summed E-state index contributed by atoms with van der Waals surface area (Å²) in [5.74, 6) is 0. The number of aromatic nitrogens is 2. The van der Waals surface area contributed by atoms with Gasteiger partial charge in [0.1, 0.15) is 0 Å². The van der Waals surface area contributed by atoms with Crippen molar-refractivity contribution in [3.63, 3.8) is 0 Å². The number of hydrogen-bond acceptors (Lipinski definition) is 6. The molecule has 0 amide bonds. The van der Waals surface area contributed by atoms with E-state index in [1.807, 2.05) is 13.0 Å². The molecule has 0 aliphatic carbocycles. The highest BCUT2D eigenvalue weighted by atomic mass is 32.2. The highest BCUT2D eigenvalue weighted by Gasteiger charge is 2.17. The molecule has 1 heterocycles. The minimum absolute atomic E-state index is 0.103. The summed E-state index contributed by atoms with van der Waals surface area (Å²) in [6, 6.07) is 14.7. The first-order valence-corrected chi connectivity index (χ1v) is 11.7. The Bertz CT molecular complexity index is 1220. The van der Waals surface area contributed by atoms with Gasteiger partial charge in [-0.2, -0.15) is 0 Å². The molecule has 0 radical (unpaired) electrons. The molecule has 0 saturated carbocycles. The summed E-state index contributed by atoms with van der Waals surface area (Å²) in [6.07, 6.45) is 1.06. The van der Waals surface area contributed by atoms with Crippen LogP contribution in [-0.2, 0) is 19.9 Å². The maximum atomic E-state index is 12.6. The third-order valence-corrected chi connectivity index (χ3v) is 6.59. The first kappa shape index (κ1) is 20.0. The van der Waals surface area contributed by atoms with Gasteiger partial charge in [-0.3, -0.25) is 4.72 Å². The third-order valence-electron chi connectivity index (χ3n) is 4.07. The molecule has 0 fully saturated rings. The molecule has 9 heteroatoms. The van der Waals surface area contributed by atoms with Gasteiger partial charge in [-0.25, -0.2) is 16.8 Å². The summed E-state index contributed by atoms with van der Waals surface area (Å²) >= 11 is 0. The van der Waals surface area contributed by atoms with Crippen LogP contribution in [-0.4, -0.2) is 33.3 Å². The molecule has 0 aliphatic heterocycles. The van der Waals surface area contributed by atoms with Crippen molar-refractivity contribution in [3.8, 4) is 11.3 Å². The Hall–Kier alpha value is -2.78. The van der Waals surface area contributed by atoms with E-state index in [1.54, 1.807) is 49.4 Å². The summed E-state index contributed by atoms with van der Waals surface area (Å²) < 4.78 is 50.7. The molecule has 0 unspecified atom stereocenters. The Balaban J connectivity index is 1.83. The molecule has 3 rings (SSSR count). The number of sulfonamides is 1. The van der Waals surface area contributed by atoms with E-state index in [0.717, 1.165) is 11.8 Å². The van der Waals surface area contributed by atoms with E-state index in [2.05, 4.69) is 14.9 Å². The van der Waals surface area contributed by atoms with Crippen molar-refractivity contribution in [3.05, 3.63) is 65.7 Å². The van der Waals surface area contributed by atoms with Crippen molar-refractivity contribution in [1.29, 1.82) is 0 Å². The predicted molar refractivity (Wildman–Crippen MR) is 107 cm³/mol. The average molecular weight is 418 g/mol. The van der Waals surface area contributed by atoms with E-state index in [-0.39, 0.29) is 9.92 Å². The molecule has 7 nitrogen and oxygen atoms in total. The van der Waals surface area contributed by atoms with Crippen molar-refractivity contribution in [2.24, 2.45) is 0 Å². The normalized spacial score (nSPS) is 12.0. The first-order valence-electron chi connectivity index (χ1n) is 8.30. The van der Waals surface area contributed by atoms with Crippen LogP contribution < -0.4 is 4.72 Å². The van der Waals surface area contributed by atoms with Crippen LogP contribution in [0.5, 0.6) is 0 Å². The Morgan fingerprint density at radius 3 is 2.04 bits per heavy atom. The number of nitrogens with zero attached hydrogens (tertiary/aromatic N) is 2. The van der Waals surface area contributed by atoms with Crippen LogP contribution in [0.2, 0.25) is 0 Å². The summed E-state index contributed by atoms with van der Waals surface area (Å²) in [4.78, 5) is 0.226. The molecule has 0 aliphatic rings. The van der Waals surface area contributed by atoms with Gasteiger partial charge in [0, 0.05) is 17.5 Å². The zero-order valence-electron chi connectivity index (χ0n) is 15.5. The SMILES string of the molecule is Cc1ccc(S(=O)(=O)Nc2ccc(-c3ccc(S(C)(=O)=O)nn3)cc2)c(C)c1. The Labute approximate surface area is 164 Å². The summed E-state index contributed by atoms with van der Waals surface area (Å²) in [6.45, 7) is 3.66. The van der Waals surface area contributed by atoms with E-state index >= 15 is 0 Å². The smallest absolute Gasteiger partial charge is 0.262 e. The highest BCUT2D eigenvalue weighted by Crippen LogP contribution is 2.23. The van der Waals surface area contributed by atoms with Gasteiger partial charge in [0.2, 0.25) is 0 Å². The molecule has 2 aromatic carbocycles. The zero-order valence-corrected chi connectivity index (χ0v) is 17.2. The van der Waals surface area contributed by atoms with Gasteiger partial charge in [0.15, 0.2) is 14.9 Å². The minimum Gasteiger partial charge on any atom is -0.280 e. The lowest BCUT2D eigenvalue weighted by molar-refractivity contribution is 0.595. The number of anilines is 1. The summed E-state index contributed by atoms with van der Waals surface area (Å²) in [5, 5.41) is 7.53. The van der Waals surface area contributed by atoms with Crippen molar-refractivity contribution in [1.82, 2.24) is 10.2 Å². The van der Waals surface area contributed by atoms with Crippen LogP contribution >= 0.6 is 0 Å². The fourth-order valence-electron chi connectivity index (χ4n) is 2.69. The van der Waals surface area contributed by atoms with Gasteiger partial charge in [-0.1, -0.05) is 29.8 Å². The molecular weight excluding hydrogens is 398 g/mol. The van der Waals surface area contributed by atoms with Gasteiger partial charge < -0.3 is 0 Å². The van der Waals surface area contributed by atoms with Crippen molar-refractivity contribution in [2.75, 3.05) is 11.0 Å². The molecular formula is C19H19N3O4S2. The molecule has 0 bridgehead atoms. The third kappa shape index (κ3) is 4.37. The molecule has 0 atom stereocenters. The van der Waals surface area contributed by atoms with Crippen LogP contribution in [0.25, 0.3) is 11.3 Å². The van der Waals surface area contributed by atoms with Gasteiger partial charge in [0.25, 0.3) is 10.0 Å². The fourth-order valence-corrected chi connectivity index (χ4v) is 4.48. The van der Waals surface area contributed by atoms with Crippen molar-refractivity contribution in [2.45, 2.75) is 23.8 Å². The largest absolute Gasteiger partial charge is 0.280 e. The number of aryl methyl sites for hydroxylation is 2. The first-order chi connectivity index (χ1) is 13.1. The van der Waals surface area contributed by atoms with Crippen LogP contribution in [0.1, 0.15) is 11.1 Å². The fraction of sp³-hybridized carbons (Fsp3) is 0.158. The number of nitrogens with one attached hydrogen (secondary N) is 1. The van der Waals surface area contributed by atoms with E-state index in [4.69, 9.17) is 0 Å².